The number of aliphatic hydroxyl groups is 1. The molecule has 1 fully saturated rings. The highest BCUT2D eigenvalue weighted by atomic mass is 35.5. The van der Waals surface area contributed by atoms with E-state index in [1.807, 2.05) is 0 Å². The maximum Gasteiger partial charge on any atom is 0.411 e. The molecule has 0 aliphatic carbocycles. The van der Waals surface area contributed by atoms with Crippen molar-refractivity contribution in [2.45, 2.75) is 44.5 Å². The minimum atomic E-state index is -5.02. The highest BCUT2D eigenvalue weighted by Gasteiger charge is 2.46. The van der Waals surface area contributed by atoms with Crippen molar-refractivity contribution in [2.75, 3.05) is 39.6 Å². The van der Waals surface area contributed by atoms with Crippen LogP contribution in [0.3, 0.4) is 0 Å². The summed E-state index contributed by atoms with van der Waals surface area (Å²) < 4.78 is 58.1. The third-order valence-corrected chi connectivity index (χ3v) is 7.57. The van der Waals surface area contributed by atoms with Crippen molar-refractivity contribution in [3.63, 3.8) is 0 Å². The van der Waals surface area contributed by atoms with Gasteiger partial charge in [0.1, 0.15) is 11.9 Å². The third kappa shape index (κ3) is 8.90. The molecule has 2 unspecified atom stereocenters. The molecule has 2 aromatic rings. The van der Waals surface area contributed by atoms with E-state index in [9.17, 15) is 32.7 Å². The average molecular weight is 628 g/mol. The highest BCUT2D eigenvalue weighted by molar-refractivity contribution is 6.30. The number of piperidine rings is 1. The second-order valence-electron chi connectivity index (χ2n) is 10.4. The van der Waals surface area contributed by atoms with Gasteiger partial charge in [-0.25, -0.2) is 0 Å². The number of nitrogens with one attached hydrogen (secondary N) is 1. The average Bonchev–Trinajstić information content (AvgIpc) is 3.44. The quantitative estimate of drug-likeness (QED) is 0.393. The summed E-state index contributed by atoms with van der Waals surface area (Å²) in [6.07, 6.45) is -6.25. The van der Waals surface area contributed by atoms with Crippen LogP contribution in [0.2, 0.25) is 5.02 Å². The molecule has 0 aromatic heterocycles. The Morgan fingerprint density at radius 2 is 1.86 bits per heavy atom. The summed E-state index contributed by atoms with van der Waals surface area (Å²) in [5, 5.41) is 12.9. The Labute approximate surface area is 251 Å². The van der Waals surface area contributed by atoms with Crippen LogP contribution in [-0.2, 0) is 20.8 Å². The van der Waals surface area contributed by atoms with E-state index in [0.717, 1.165) is 5.56 Å². The molecule has 234 valence electrons. The second kappa shape index (κ2) is 14.2. The number of carbonyl (C=O) groups excluding carboxylic acids is 3. The molecule has 2 aromatic carbocycles. The van der Waals surface area contributed by atoms with Crippen LogP contribution in [0.1, 0.15) is 25.3 Å². The van der Waals surface area contributed by atoms with Gasteiger partial charge in [0.2, 0.25) is 18.6 Å². The van der Waals surface area contributed by atoms with Gasteiger partial charge in [0.15, 0.2) is 24.1 Å². The van der Waals surface area contributed by atoms with Gasteiger partial charge in [0.05, 0.1) is 0 Å². The van der Waals surface area contributed by atoms with Gasteiger partial charge >= 0.3 is 6.18 Å². The van der Waals surface area contributed by atoms with Crippen molar-refractivity contribution in [1.29, 1.82) is 0 Å². The van der Waals surface area contributed by atoms with E-state index in [4.69, 9.17) is 25.8 Å². The SMILES string of the molecule is CC(=O)N1CCC(C(=O)N(CCc2ccc3c(c2)OCO3)CC(O)C(NC(=O)COc2cccc(Cl)c2)C(F)(F)F)CC1. The topological polar surface area (TPSA) is 118 Å². The smallest absolute Gasteiger partial charge is 0.411 e. The summed E-state index contributed by atoms with van der Waals surface area (Å²) >= 11 is 5.86. The second-order valence-corrected chi connectivity index (χ2v) is 10.8. The Balaban J connectivity index is 1.45. The number of amides is 3. The molecular weight excluding hydrogens is 595 g/mol. The van der Waals surface area contributed by atoms with Crippen LogP contribution in [0.25, 0.3) is 0 Å². The molecule has 3 amide bonds. The molecule has 10 nitrogen and oxygen atoms in total. The van der Waals surface area contributed by atoms with Crippen LogP contribution in [0.5, 0.6) is 17.2 Å². The molecule has 2 aliphatic heterocycles. The molecule has 0 radical (unpaired) electrons. The minimum absolute atomic E-state index is 0.00113. The van der Waals surface area contributed by atoms with Crippen molar-refractivity contribution >= 4 is 29.3 Å². The molecule has 4 rings (SSSR count). The number of hydrogen-bond donors (Lipinski definition) is 2. The predicted molar refractivity (Wildman–Crippen MR) is 149 cm³/mol. The normalized spacial score (nSPS) is 16.4. The number of carbonyl (C=O) groups is 3. The van der Waals surface area contributed by atoms with Gasteiger partial charge in [0.25, 0.3) is 5.91 Å². The van der Waals surface area contributed by atoms with Crippen LogP contribution in [0.4, 0.5) is 13.2 Å². The zero-order valence-corrected chi connectivity index (χ0v) is 24.2. The standard InChI is InChI=1S/C29H33ClF3N3O7/c1-18(37)35-11-8-20(9-12-35)28(40)36(10-7-19-5-6-24-25(13-19)43-17-42-24)15-23(38)27(29(31,32)33)34-26(39)16-41-22-4-2-3-21(30)14-22/h2-6,13-14,20,23,27,38H,7-12,15-17H2,1H3,(H,34,39). The largest absolute Gasteiger partial charge is 0.484 e. The molecule has 14 heteroatoms. The summed E-state index contributed by atoms with van der Waals surface area (Å²) in [5.74, 6) is -0.938. The van der Waals surface area contributed by atoms with E-state index in [2.05, 4.69) is 0 Å². The molecule has 2 heterocycles. The lowest BCUT2D eigenvalue weighted by Crippen LogP contribution is -2.58. The van der Waals surface area contributed by atoms with Crippen LogP contribution in [0, 0.1) is 5.92 Å². The van der Waals surface area contributed by atoms with Crippen LogP contribution < -0.4 is 19.5 Å². The van der Waals surface area contributed by atoms with E-state index in [1.165, 1.54) is 24.0 Å². The molecule has 2 aliphatic rings. The van der Waals surface area contributed by atoms with Gasteiger partial charge in [-0.15, -0.1) is 0 Å². The van der Waals surface area contributed by atoms with Gasteiger partial charge in [-0.1, -0.05) is 23.7 Å². The van der Waals surface area contributed by atoms with Crippen LogP contribution >= 0.6 is 11.6 Å². The fraction of sp³-hybridized carbons (Fsp3) is 0.483. The van der Waals surface area contributed by atoms with E-state index < -0.39 is 49.2 Å². The van der Waals surface area contributed by atoms with E-state index in [1.54, 1.807) is 40.5 Å². The maximum absolute atomic E-state index is 14.1. The Bertz CT molecular complexity index is 1300. The van der Waals surface area contributed by atoms with Crippen molar-refractivity contribution in [3.8, 4) is 17.2 Å². The fourth-order valence-corrected chi connectivity index (χ4v) is 5.18. The molecule has 1 saturated heterocycles. The number of ether oxygens (including phenoxy) is 3. The number of benzene rings is 2. The van der Waals surface area contributed by atoms with Gasteiger partial charge < -0.3 is 34.4 Å². The molecule has 0 bridgehead atoms. The predicted octanol–water partition coefficient (Wildman–Crippen LogP) is 3.19. The molecule has 43 heavy (non-hydrogen) atoms. The summed E-state index contributed by atoms with van der Waals surface area (Å²) in [6.45, 7) is 0.761. The Hall–Kier alpha value is -3.71. The van der Waals surface area contributed by atoms with Crippen molar-refractivity contribution < 1.29 is 46.9 Å². The summed E-state index contributed by atoms with van der Waals surface area (Å²) in [7, 11) is 0. The highest BCUT2D eigenvalue weighted by Crippen LogP contribution is 2.33. The number of alkyl halides is 3. The van der Waals surface area contributed by atoms with Gasteiger partial charge in [0, 0.05) is 44.0 Å². The first-order chi connectivity index (χ1) is 20.4. The first kappa shape index (κ1) is 32.2. The zero-order valence-electron chi connectivity index (χ0n) is 23.4. The van der Waals surface area contributed by atoms with Crippen LogP contribution in [0.15, 0.2) is 42.5 Å². The Kier molecular flexibility index (Phi) is 10.6. The molecule has 2 N–H and O–H groups in total. The lowest BCUT2D eigenvalue weighted by Gasteiger charge is -2.36. The van der Waals surface area contributed by atoms with E-state index >= 15 is 0 Å². The molecular formula is C29H33ClF3N3O7. The number of nitrogens with zero attached hydrogens (tertiary/aromatic N) is 2. The van der Waals surface area contributed by atoms with Crippen molar-refractivity contribution in [3.05, 3.63) is 53.1 Å². The summed E-state index contributed by atoms with van der Waals surface area (Å²) in [6, 6.07) is 8.53. The number of fused-ring (bicyclic) bond motifs is 1. The first-order valence-corrected chi connectivity index (χ1v) is 14.1. The van der Waals surface area contributed by atoms with Gasteiger partial charge in [-0.2, -0.15) is 13.2 Å². The Morgan fingerprint density at radius 3 is 2.53 bits per heavy atom. The third-order valence-electron chi connectivity index (χ3n) is 7.34. The van der Waals surface area contributed by atoms with Gasteiger partial charge in [-0.05, 0) is 55.2 Å². The minimum Gasteiger partial charge on any atom is -0.484 e. The molecule has 0 saturated carbocycles. The number of halogens is 4. The molecule has 0 spiro atoms. The van der Waals surface area contributed by atoms with E-state index in [-0.39, 0.29) is 31.4 Å². The lowest BCUT2D eigenvalue weighted by atomic mass is 9.94. The number of rotatable bonds is 11. The number of hydrogen-bond acceptors (Lipinski definition) is 7. The lowest BCUT2D eigenvalue weighted by molar-refractivity contribution is -0.184. The van der Waals surface area contributed by atoms with Crippen LogP contribution in [-0.4, -0.2) is 90.5 Å². The summed E-state index contributed by atoms with van der Waals surface area (Å²) in [4.78, 5) is 40.5. The first-order valence-electron chi connectivity index (χ1n) is 13.8. The summed E-state index contributed by atoms with van der Waals surface area (Å²) in [5.41, 5.74) is 0.752. The van der Waals surface area contributed by atoms with Crippen molar-refractivity contribution in [2.24, 2.45) is 5.92 Å². The number of likely N-dealkylation sites (tertiary alicyclic amines) is 1. The fourth-order valence-electron chi connectivity index (χ4n) is 5.00. The van der Waals surface area contributed by atoms with E-state index in [0.29, 0.717) is 42.5 Å². The maximum atomic E-state index is 14.1. The van der Waals surface area contributed by atoms with Gasteiger partial charge in [-0.3, -0.25) is 14.4 Å². The molecule has 2 atom stereocenters. The monoisotopic (exact) mass is 627 g/mol. The number of aliphatic hydroxyl groups excluding tert-OH is 1. The Morgan fingerprint density at radius 1 is 1.14 bits per heavy atom. The van der Waals surface area contributed by atoms with Crippen molar-refractivity contribution in [1.82, 2.24) is 15.1 Å². The zero-order chi connectivity index (χ0) is 31.1.